The Bertz CT molecular complexity index is 890. The summed E-state index contributed by atoms with van der Waals surface area (Å²) in [6, 6.07) is -3.52. The Labute approximate surface area is 219 Å². The summed E-state index contributed by atoms with van der Waals surface area (Å²) < 4.78 is 12.7. The number of carboxylic acids is 1. The third-order valence-electron chi connectivity index (χ3n) is 6.31. The Morgan fingerprint density at radius 1 is 1.05 bits per heavy atom. The van der Waals surface area contributed by atoms with Gasteiger partial charge in [-0.2, -0.15) is 11.8 Å². The standard InChI is InChI=1S/C23H36FN5O7S/c1-11(2)19(22(35)25-12(3)21(34)26-13(8-18(32)33)15(30)9-24)28-17(31)7-5-4-6-16-20-14(10-37-16)27-23(36)29-20/h11-14,16,19-20H,4-10H2,1-3H3,(H,25,35)(H,26,34)(H,28,31)(H,32,33)(H2,27,29,36)/t12-,13-,14-,16-,19-,20-/m0/s1. The van der Waals surface area contributed by atoms with E-state index in [1.165, 1.54) is 6.92 Å². The molecule has 12 nitrogen and oxygen atoms in total. The van der Waals surface area contributed by atoms with Gasteiger partial charge in [-0.3, -0.25) is 24.0 Å². The molecule has 2 aliphatic rings. The largest absolute Gasteiger partial charge is 0.481 e. The first-order valence-electron chi connectivity index (χ1n) is 12.3. The van der Waals surface area contributed by atoms with Crippen LogP contribution in [0.1, 0.15) is 52.9 Å². The first-order valence-corrected chi connectivity index (χ1v) is 13.4. The van der Waals surface area contributed by atoms with Crippen LogP contribution in [-0.2, 0) is 24.0 Å². The quantitative estimate of drug-likeness (QED) is 0.121. The second kappa shape index (κ2) is 14.1. The summed E-state index contributed by atoms with van der Waals surface area (Å²) in [5.41, 5.74) is 0. The van der Waals surface area contributed by atoms with Crippen molar-refractivity contribution in [2.45, 2.75) is 88.3 Å². The molecule has 0 aromatic heterocycles. The van der Waals surface area contributed by atoms with Crippen LogP contribution in [-0.4, -0.2) is 88.5 Å². The Morgan fingerprint density at radius 3 is 2.38 bits per heavy atom. The Kier molecular flexibility index (Phi) is 11.6. The van der Waals surface area contributed by atoms with E-state index in [-0.39, 0.29) is 36.4 Å². The molecule has 0 radical (unpaired) electrons. The number of carbonyl (C=O) groups excluding carboxylic acids is 5. The van der Waals surface area contributed by atoms with Crippen molar-refractivity contribution in [2.75, 3.05) is 12.4 Å². The third-order valence-corrected chi connectivity index (χ3v) is 7.82. The third kappa shape index (κ3) is 9.17. The lowest BCUT2D eigenvalue weighted by molar-refractivity contribution is -0.140. The van der Waals surface area contributed by atoms with Crippen molar-refractivity contribution in [1.82, 2.24) is 26.6 Å². The van der Waals surface area contributed by atoms with E-state index in [0.29, 0.717) is 11.7 Å². The highest BCUT2D eigenvalue weighted by Gasteiger charge is 2.42. The number of carboxylic acid groups (broad SMARTS) is 1. The van der Waals surface area contributed by atoms with Crippen LogP contribution in [0.5, 0.6) is 0 Å². The molecule has 0 spiro atoms. The highest BCUT2D eigenvalue weighted by molar-refractivity contribution is 8.00. The molecule has 14 heteroatoms. The van der Waals surface area contributed by atoms with Crippen molar-refractivity contribution in [1.29, 1.82) is 0 Å². The molecule has 208 valence electrons. The molecule has 0 aliphatic carbocycles. The van der Waals surface area contributed by atoms with Crippen LogP contribution < -0.4 is 26.6 Å². The monoisotopic (exact) mass is 545 g/mol. The van der Waals surface area contributed by atoms with Crippen molar-refractivity contribution < 1.29 is 38.3 Å². The Hall–Kier alpha value is -2.90. The van der Waals surface area contributed by atoms with Crippen LogP contribution in [0.25, 0.3) is 0 Å². The summed E-state index contributed by atoms with van der Waals surface area (Å²) in [7, 11) is 0. The average molecular weight is 546 g/mol. The van der Waals surface area contributed by atoms with Gasteiger partial charge < -0.3 is 31.7 Å². The fourth-order valence-corrected chi connectivity index (χ4v) is 5.78. The maximum atomic E-state index is 12.8. The number of rotatable bonds is 15. The highest BCUT2D eigenvalue weighted by Crippen LogP contribution is 2.33. The first-order chi connectivity index (χ1) is 17.4. The number of nitrogens with one attached hydrogen (secondary N) is 5. The van der Waals surface area contributed by atoms with Gasteiger partial charge in [0.15, 0.2) is 5.78 Å². The number of amides is 5. The minimum Gasteiger partial charge on any atom is -0.481 e. The maximum Gasteiger partial charge on any atom is 0.315 e. The van der Waals surface area contributed by atoms with E-state index < -0.39 is 54.8 Å². The molecule has 2 rings (SSSR count). The van der Waals surface area contributed by atoms with Crippen molar-refractivity contribution in [3.8, 4) is 0 Å². The van der Waals surface area contributed by atoms with Gasteiger partial charge in [-0.1, -0.05) is 20.3 Å². The predicted molar refractivity (Wildman–Crippen MR) is 133 cm³/mol. The number of Topliss-reactive ketones (excluding diaryl/α,β-unsaturated/α-hetero) is 1. The zero-order chi connectivity index (χ0) is 27.7. The lowest BCUT2D eigenvalue weighted by Crippen LogP contribution is -2.56. The summed E-state index contributed by atoms with van der Waals surface area (Å²) in [6.45, 7) is 3.36. The van der Waals surface area contributed by atoms with Gasteiger partial charge in [0, 0.05) is 17.4 Å². The number of halogens is 1. The van der Waals surface area contributed by atoms with Gasteiger partial charge >= 0.3 is 12.0 Å². The smallest absolute Gasteiger partial charge is 0.315 e. The predicted octanol–water partition coefficient (Wildman–Crippen LogP) is -0.144. The van der Waals surface area contributed by atoms with E-state index in [1.54, 1.807) is 25.6 Å². The van der Waals surface area contributed by atoms with Crippen LogP contribution in [0.3, 0.4) is 0 Å². The van der Waals surface area contributed by atoms with Crippen LogP contribution in [0.15, 0.2) is 0 Å². The Balaban J connectivity index is 1.78. The van der Waals surface area contributed by atoms with Crippen LogP contribution in [0.2, 0.25) is 0 Å². The number of ketones is 1. The van der Waals surface area contributed by atoms with E-state index >= 15 is 0 Å². The van der Waals surface area contributed by atoms with Crippen LogP contribution >= 0.6 is 11.8 Å². The average Bonchev–Trinajstić information content (AvgIpc) is 3.37. The lowest BCUT2D eigenvalue weighted by Gasteiger charge is -2.24. The summed E-state index contributed by atoms with van der Waals surface area (Å²) in [5.74, 6) is -3.68. The number of fused-ring (bicyclic) bond motifs is 1. The number of thioether (sulfide) groups is 1. The number of urea groups is 1. The molecular weight excluding hydrogens is 509 g/mol. The fourth-order valence-electron chi connectivity index (χ4n) is 4.23. The number of hydrogen-bond donors (Lipinski definition) is 6. The van der Waals surface area contributed by atoms with Crippen molar-refractivity contribution in [3.05, 3.63) is 0 Å². The van der Waals surface area contributed by atoms with Gasteiger partial charge in [0.1, 0.15) is 24.8 Å². The molecule has 6 N–H and O–H groups in total. The summed E-state index contributed by atoms with van der Waals surface area (Å²) >= 11 is 1.80. The Morgan fingerprint density at radius 2 is 1.76 bits per heavy atom. The minimum atomic E-state index is -1.55. The topological polar surface area (TPSA) is 183 Å². The van der Waals surface area contributed by atoms with Gasteiger partial charge in [-0.25, -0.2) is 9.18 Å². The fraction of sp³-hybridized carbons (Fsp3) is 0.739. The molecule has 2 saturated heterocycles. The van der Waals surface area contributed by atoms with Gasteiger partial charge in [0.2, 0.25) is 17.7 Å². The molecule has 0 aromatic rings. The SMILES string of the molecule is CC(C)[C@H](NC(=O)CCCC[C@@H]1SC[C@@H]2NC(=O)N[C@@H]21)C(=O)N[C@@H](C)C(=O)N[C@@H](CC(=O)O)C(=O)CF. The van der Waals surface area contributed by atoms with Crippen molar-refractivity contribution >= 4 is 47.3 Å². The molecule has 0 aromatic carbocycles. The maximum absolute atomic E-state index is 12.8. The van der Waals surface area contributed by atoms with Crippen LogP contribution in [0.4, 0.5) is 9.18 Å². The second-order valence-electron chi connectivity index (χ2n) is 9.65. The van der Waals surface area contributed by atoms with E-state index in [2.05, 4.69) is 26.6 Å². The van der Waals surface area contributed by atoms with E-state index in [4.69, 9.17) is 5.11 Å². The van der Waals surface area contributed by atoms with Crippen molar-refractivity contribution in [2.24, 2.45) is 5.92 Å². The highest BCUT2D eigenvalue weighted by atomic mass is 32.2. The number of aliphatic carboxylic acids is 1. The normalized spacial score (nSPS) is 22.7. The number of unbranched alkanes of at least 4 members (excludes halogenated alkanes) is 1. The van der Waals surface area contributed by atoms with Crippen LogP contribution in [0, 0.1) is 5.92 Å². The van der Waals surface area contributed by atoms with Gasteiger partial charge in [0.25, 0.3) is 0 Å². The van der Waals surface area contributed by atoms with E-state index in [1.807, 2.05) is 0 Å². The number of carbonyl (C=O) groups is 6. The minimum absolute atomic E-state index is 0.106. The molecule has 37 heavy (non-hydrogen) atoms. The molecule has 5 amide bonds. The summed E-state index contributed by atoms with van der Waals surface area (Å²) in [4.78, 5) is 71.6. The molecule has 6 atom stereocenters. The summed E-state index contributed by atoms with van der Waals surface area (Å²) in [5, 5.41) is 22.3. The second-order valence-corrected chi connectivity index (χ2v) is 10.9. The first kappa shape index (κ1) is 30.3. The van der Waals surface area contributed by atoms with Gasteiger partial charge in [-0.15, -0.1) is 0 Å². The van der Waals surface area contributed by atoms with E-state index in [0.717, 1.165) is 18.6 Å². The molecule has 2 fully saturated rings. The molecular formula is C23H36FN5O7S. The molecule has 0 bridgehead atoms. The van der Waals surface area contributed by atoms with Gasteiger partial charge in [-0.05, 0) is 25.7 Å². The molecule has 0 unspecified atom stereocenters. The number of hydrogen-bond acceptors (Lipinski definition) is 7. The van der Waals surface area contributed by atoms with Crippen molar-refractivity contribution in [3.63, 3.8) is 0 Å². The molecule has 2 aliphatic heterocycles. The van der Waals surface area contributed by atoms with Gasteiger partial charge in [0.05, 0.1) is 18.5 Å². The zero-order valence-electron chi connectivity index (χ0n) is 21.2. The zero-order valence-corrected chi connectivity index (χ0v) is 22.0. The lowest BCUT2D eigenvalue weighted by atomic mass is 10.0. The summed E-state index contributed by atoms with van der Waals surface area (Å²) in [6.07, 6.45) is 1.68. The molecule has 0 saturated carbocycles. The van der Waals surface area contributed by atoms with E-state index in [9.17, 15) is 33.2 Å². The number of alkyl halides is 1. The molecule has 2 heterocycles.